The Morgan fingerprint density at radius 2 is 2.10 bits per heavy atom. The summed E-state index contributed by atoms with van der Waals surface area (Å²) in [6.45, 7) is 2.55. The number of carbonyl (C=O) groups is 2. The van der Waals surface area contributed by atoms with Crippen LogP contribution in [0, 0.1) is 0 Å². The van der Waals surface area contributed by atoms with Gasteiger partial charge in [0.2, 0.25) is 11.8 Å². The van der Waals surface area contributed by atoms with Crippen molar-refractivity contribution in [3.63, 3.8) is 0 Å². The molecule has 5 nitrogen and oxygen atoms in total. The molecule has 0 aliphatic carbocycles. The van der Waals surface area contributed by atoms with E-state index in [0.717, 1.165) is 11.3 Å². The molecule has 0 bridgehead atoms. The fourth-order valence-electron chi connectivity index (χ4n) is 2.53. The van der Waals surface area contributed by atoms with Gasteiger partial charge in [-0.2, -0.15) is 0 Å². The minimum absolute atomic E-state index is 0.0219. The van der Waals surface area contributed by atoms with Gasteiger partial charge < -0.3 is 15.0 Å². The van der Waals surface area contributed by atoms with Gasteiger partial charge in [-0.05, 0) is 24.5 Å². The highest BCUT2D eigenvalue weighted by Gasteiger charge is 2.32. The van der Waals surface area contributed by atoms with E-state index < -0.39 is 0 Å². The first-order valence-corrected chi connectivity index (χ1v) is 6.86. The highest BCUT2D eigenvalue weighted by molar-refractivity contribution is 5.94. The van der Waals surface area contributed by atoms with Gasteiger partial charge in [-0.25, -0.2) is 0 Å². The van der Waals surface area contributed by atoms with Gasteiger partial charge in [0, 0.05) is 6.54 Å². The average Bonchev–Trinajstić information content (AvgIpc) is 2.48. The van der Waals surface area contributed by atoms with Crippen molar-refractivity contribution in [1.82, 2.24) is 10.2 Å². The van der Waals surface area contributed by atoms with E-state index in [-0.39, 0.29) is 24.4 Å². The van der Waals surface area contributed by atoms with E-state index in [2.05, 4.69) is 5.32 Å². The number of hydrogen-bond acceptors (Lipinski definition) is 3. The average molecular weight is 276 g/mol. The molecule has 1 N–H and O–H groups in total. The first-order chi connectivity index (χ1) is 9.67. The lowest BCUT2D eigenvalue weighted by Crippen LogP contribution is -2.58. The van der Waals surface area contributed by atoms with Gasteiger partial charge in [0.15, 0.2) is 0 Å². The quantitative estimate of drug-likeness (QED) is 0.872. The van der Waals surface area contributed by atoms with E-state index >= 15 is 0 Å². The normalized spacial score (nSPS) is 18.9. The molecule has 1 heterocycles. The zero-order valence-corrected chi connectivity index (χ0v) is 11.9. The van der Waals surface area contributed by atoms with E-state index in [0.29, 0.717) is 19.4 Å². The van der Waals surface area contributed by atoms with Crippen LogP contribution in [0.2, 0.25) is 0 Å². The van der Waals surface area contributed by atoms with Crippen LogP contribution in [0.25, 0.3) is 0 Å². The Bertz CT molecular complexity index is 502. The third-order valence-corrected chi connectivity index (χ3v) is 3.61. The van der Waals surface area contributed by atoms with Crippen LogP contribution >= 0.6 is 0 Å². The summed E-state index contributed by atoms with van der Waals surface area (Å²) in [7, 11) is 1.63. The van der Waals surface area contributed by atoms with Gasteiger partial charge >= 0.3 is 0 Å². The van der Waals surface area contributed by atoms with Crippen molar-refractivity contribution >= 4 is 11.8 Å². The number of hydrogen-bond donors (Lipinski definition) is 1. The van der Waals surface area contributed by atoms with Crippen molar-refractivity contribution < 1.29 is 14.3 Å². The minimum atomic E-state index is -0.356. The molecule has 1 unspecified atom stereocenters. The first-order valence-electron chi connectivity index (χ1n) is 6.86. The Labute approximate surface area is 118 Å². The molecule has 1 aromatic rings. The van der Waals surface area contributed by atoms with Crippen molar-refractivity contribution in [2.75, 3.05) is 20.2 Å². The number of piperazine rings is 1. The van der Waals surface area contributed by atoms with E-state index in [1.165, 1.54) is 0 Å². The van der Waals surface area contributed by atoms with E-state index in [1.807, 2.05) is 31.2 Å². The van der Waals surface area contributed by atoms with Crippen LogP contribution in [0.4, 0.5) is 0 Å². The number of carbonyl (C=O) groups excluding carboxylic acids is 2. The minimum Gasteiger partial charge on any atom is -0.496 e. The number of methoxy groups -OCH3 is 1. The molecule has 5 heteroatoms. The van der Waals surface area contributed by atoms with Crippen LogP contribution in [0.1, 0.15) is 18.9 Å². The lowest BCUT2D eigenvalue weighted by Gasteiger charge is -2.34. The summed E-state index contributed by atoms with van der Waals surface area (Å²) in [5.74, 6) is 0.730. The second-order valence-electron chi connectivity index (χ2n) is 4.79. The summed E-state index contributed by atoms with van der Waals surface area (Å²) in [6.07, 6.45) is 1.31. The van der Waals surface area contributed by atoms with Crippen LogP contribution in [0.3, 0.4) is 0 Å². The van der Waals surface area contributed by atoms with Crippen LogP contribution in [0.5, 0.6) is 5.75 Å². The summed E-state index contributed by atoms with van der Waals surface area (Å²) in [5, 5.41) is 2.63. The Morgan fingerprint density at radius 1 is 1.35 bits per heavy atom. The van der Waals surface area contributed by atoms with Gasteiger partial charge in [0.1, 0.15) is 11.8 Å². The molecule has 0 radical (unpaired) electrons. The Balaban J connectivity index is 2.08. The van der Waals surface area contributed by atoms with Gasteiger partial charge in [-0.1, -0.05) is 25.1 Å². The molecule has 0 spiro atoms. The number of rotatable bonds is 5. The molecule has 1 atom stereocenters. The van der Waals surface area contributed by atoms with Crippen molar-refractivity contribution in [2.24, 2.45) is 0 Å². The predicted molar refractivity (Wildman–Crippen MR) is 75.5 cm³/mol. The summed E-state index contributed by atoms with van der Waals surface area (Å²) in [6, 6.07) is 7.38. The van der Waals surface area contributed by atoms with Crippen molar-refractivity contribution in [3.8, 4) is 5.75 Å². The van der Waals surface area contributed by atoms with Crippen molar-refractivity contribution in [1.29, 1.82) is 0 Å². The van der Waals surface area contributed by atoms with E-state index in [9.17, 15) is 9.59 Å². The van der Waals surface area contributed by atoms with E-state index in [4.69, 9.17) is 4.74 Å². The third kappa shape index (κ3) is 2.92. The van der Waals surface area contributed by atoms with Crippen LogP contribution in [-0.2, 0) is 16.0 Å². The van der Waals surface area contributed by atoms with E-state index in [1.54, 1.807) is 12.0 Å². The third-order valence-electron chi connectivity index (χ3n) is 3.61. The number of amides is 2. The number of nitrogens with zero attached hydrogens (tertiary/aromatic N) is 1. The number of benzene rings is 1. The summed E-state index contributed by atoms with van der Waals surface area (Å²) >= 11 is 0. The lowest BCUT2D eigenvalue weighted by atomic mass is 10.1. The molecular weight excluding hydrogens is 256 g/mol. The Kier molecular flexibility index (Phi) is 4.61. The number of ether oxygens (including phenoxy) is 1. The fraction of sp³-hybridized carbons (Fsp3) is 0.467. The standard InChI is InChI=1S/C15H20N2O3/c1-3-12-15(19)16-10-14(18)17(12)9-8-11-6-4-5-7-13(11)20-2/h4-7,12H,3,8-10H2,1-2H3,(H,16,19). The SMILES string of the molecule is CCC1C(=O)NCC(=O)N1CCc1ccccc1OC. The molecule has 2 rings (SSSR count). The molecule has 1 aromatic carbocycles. The van der Waals surface area contributed by atoms with Gasteiger partial charge in [0.25, 0.3) is 0 Å². The maximum Gasteiger partial charge on any atom is 0.243 e. The largest absolute Gasteiger partial charge is 0.496 e. The molecule has 20 heavy (non-hydrogen) atoms. The highest BCUT2D eigenvalue weighted by Crippen LogP contribution is 2.19. The Morgan fingerprint density at radius 3 is 2.80 bits per heavy atom. The van der Waals surface area contributed by atoms with Crippen LogP contribution in [-0.4, -0.2) is 43.0 Å². The number of nitrogens with one attached hydrogen (secondary N) is 1. The summed E-state index contributed by atoms with van der Waals surface area (Å²) in [4.78, 5) is 25.4. The molecule has 0 saturated carbocycles. The monoisotopic (exact) mass is 276 g/mol. The molecule has 1 aliphatic heterocycles. The lowest BCUT2D eigenvalue weighted by molar-refractivity contribution is -0.145. The number of para-hydroxylation sites is 1. The Hall–Kier alpha value is -2.04. The smallest absolute Gasteiger partial charge is 0.243 e. The van der Waals surface area contributed by atoms with Gasteiger partial charge in [-0.3, -0.25) is 9.59 Å². The summed E-state index contributed by atoms with van der Waals surface area (Å²) in [5.41, 5.74) is 1.05. The second kappa shape index (κ2) is 6.41. The van der Waals surface area contributed by atoms with Crippen LogP contribution < -0.4 is 10.1 Å². The van der Waals surface area contributed by atoms with Crippen molar-refractivity contribution in [2.45, 2.75) is 25.8 Å². The molecular formula is C15H20N2O3. The molecule has 2 amide bonds. The topological polar surface area (TPSA) is 58.6 Å². The van der Waals surface area contributed by atoms with Gasteiger partial charge in [0.05, 0.1) is 13.7 Å². The van der Waals surface area contributed by atoms with Gasteiger partial charge in [-0.15, -0.1) is 0 Å². The molecule has 1 saturated heterocycles. The fourth-order valence-corrected chi connectivity index (χ4v) is 2.53. The highest BCUT2D eigenvalue weighted by atomic mass is 16.5. The maximum absolute atomic E-state index is 12.0. The molecule has 1 fully saturated rings. The zero-order chi connectivity index (χ0) is 14.5. The molecule has 1 aliphatic rings. The van der Waals surface area contributed by atoms with Crippen molar-refractivity contribution in [3.05, 3.63) is 29.8 Å². The zero-order valence-electron chi connectivity index (χ0n) is 11.9. The predicted octanol–water partition coefficient (Wildman–Crippen LogP) is 0.975. The molecule has 0 aromatic heterocycles. The maximum atomic E-state index is 12.0. The van der Waals surface area contributed by atoms with Crippen LogP contribution in [0.15, 0.2) is 24.3 Å². The molecule has 108 valence electrons. The first kappa shape index (κ1) is 14.4. The summed E-state index contributed by atoms with van der Waals surface area (Å²) < 4.78 is 5.30. The second-order valence-corrected chi connectivity index (χ2v) is 4.79.